The van der Waals surface area contributed by atoms with Gasteiger partial charge in [-0.05, 0) is 23.7 Å². The van der Waals surface area contributed by atoms with E-state index in [9.17, 15) is 30.7 Å². The lowest BCUT2D eigenvalue weighted by Crippen LogP contribution is -2.53. The predicted octanol–water partition coefficient (Wildman–Crippen LogP) is 4.81. The van der Waals surface area contributed by atoms with Crippen molar-refractivity contribution in [2.75, 3.05) is 4.43 Å². The molecule has 0 heterocycles. The largest absolute Gasteiger partial charge is 0.431 e. The Balaban J connectivity index is 4.59. The van der Waals surface area contributed by atoms with E-state index in [1.165, 1.54) is 0 Å². The predicted molar refractivity (Wildman–Crippen MR) is 53.3 cm³/mol. The summed E-state index contributed by atoms with van der Waals surface area (Å²) in [5.74, 6) is 0. The Bertz CT molecular complexity index is 193. The molecule has 0 saturated carbocycles. The Morgan fingerprint density at radius 3 is 1.44 bits per heavy atom. The molecule has 0 radical (unpaired) electrons. The van der Waals surface area contributed by atoms with E-state index in [0.29, 0.717) is 10.8 Å². The minimum absolute atomic E-state index is 0.154. The monoisotopic (exact) mass is 366 g/mol. The van der Waals surface area contributed by atoms with Gasteiger partial charge in [0.05, 0.1) is 0 Å². The first-order valence-corrected chi connectivity index (χ1v) is 5.97. The standard InChI is InChI=1S/C8H10F7I/c9-6(7(10,11)12,8(13,14)15)4-2-1-3-5-16/h1-5H2. The highest BCUT2D eigenvalue weighted by atomic mass is 127. The van der Waals surface area contributed by atoms with E-state index in [0.717, 1.165) is 0 Å². The van der Waals surface area contributed by atoms with Gasteiger partial charge in [0, 0.05) is 0 Å². The van der Waals surface area contributed by atoms with Crippen LogP contribution in [0.2, 0.25) is 0 Å². The zero-order chi connectivity index (χ0) is 13.0. The first-order valence-electron chi connectivity index (χ1n) is 4.44. The number of halogens is 8. The summed E-state index contributed by atoms with van der Waals surface area (Å²) < 4.78 is 85.7. The summed E-state index contributed by atoms with van der Waals surface area (Å²) >= 11 is 1.94. The Labute approximate surface area is 102 Å². The summed E-state index contributed by atoms with van der Waals surface area (Å²) in [6.45, 7) is 0. The molecule has 0 fully saturated rings. The van der Waals surface area contributed by atoms with Crippen LogP contribution in [0.5, 0.6) is 0 Å². The van der Waals surface area contributed by atoms with Crippen molar-refractivity contribution < 1.29 is 30.7 Å². The molecule has 0 saturated heterocycles. The van der Waals surface area contributed by atoms with Gasteiger partial charge >= 0.3 is 12.4 Å². The van der Waals surface area contributed by atoms with Crippen LogP contribution in [0.15, 0.2) is 0 Å². The smallest absolute Gasteiger partial charge is 0.224 e. The van der Waals surface area contributed by atoms with E-state index in [4.69, 9.17) is 0 Å². The van der Waals surface area contributed by atoms with Crippen molar-refractivity contribution in [2.45, 2.75) is 43.7 Å². The van der Waals surface area contributed by atoms with Crippen molar-refractivity contribution in [3.05, 3.63) is 0 Å². The van der Waals surface area contributed by atoms with Gasteiger partial charge in [0.15, 0.2) is 0 Å². The zero-order valence-electron chi connectivity index (χ0n) is 8.06. The second-order valence-electron chi connectivity index (χ2n) is 3.30. The van der Waals surface area contributed by atoms with Crippen molar-refractivity contribution in [3.63, 3.8) is 0 Å². The van der Waals surface area contributed by atoms with Crippen LogP contribution >= 0.6 is 22.6 Å². The third kappa shape index (κ3) is 3.92. The molecule has 0 aromatic rings. The quantitative estimate of drug-likeness (QED) is 0.284. The third-order valence-electron chi connectivity index (χ3n) is 2.05. The van der Waals surface area contributed by atoms with Gasteiger partial charge in [-0.15, -0.1) is 0 Å². The molecular weight excluding hydrogens is 356 g/mol. The topological polar surface area (TPSA) is 0 Å². The summed E-state index contributed by atoms with van der Waals surface area (Å²) in [5, 5.41) is 0. The zero-order valence-corrected chi connectivity index (χ0v) is 10.2. The van der Waals surface area contributed by atoms with E-state index >= 15 is 0 Å². The molecular formula is C8H10F7I. The van der Waals surface area contributed by atoms with E-state index < -0.39 is 30.9 Å². The summed E-state index contributed by atoms with van der Waals surface area (Å²) in [4.78, 5) is 0. The molecule has 0 aliphatic heterocycles. The van der Waals surface area contributed by atoms with Crippen molar-refractivity contribution >= 4 is 22.6 Å². The number of unbranched alkanes of at least 4 members (excludes halogenated alkanes) is 2. The molecule has 0 aromatic heterocycles. The molecule has 0 atom stereocenters. The average Bonchev–Trinajstić information content (AvgIpc) is 2.08. The maximum absolute atomic E-state index is 13.0. The first kappa shape index (κ1) is 16.2. The van der Waals surface area contributed by atoms with E-state index in [1.807, 2.05) is 22.6 Å². The minimum atomic E-state index is -5.91. The average molecular weight is 366 g/mol. The molecule has 0 unspecified atom stereocenters. The molecule has 0 rings (SSSR count). The van der Waals surface area contributed by atoms with Crippen molar-refractivity contribution in [3.8, 4) is 0 Å². The molecule has 98 valence electrons. The Hall–Kier alpha value is 0.240. The lowest BCUT2D eigenvalue weighted by Gasteiger charge is -2.29. The Morgan fingerprint density at radius 1 is 0.688 bits per heavy atom. The van der Waals surface area contributed by atoms with Crippen LogP contribution in [0.4, 0.5) is 30.7 Å². The highest BCUT2D eigenvalue weighted by Gasteiger charge is 2.71. The maximum atomic E-state index is 13.0. The summed E-state index contributed by atoms with van der Waals surface area (Å²) in [6.07, 6.45) is -13.2. The van der Waals surface area contributed by atoms with Gasteiger partial charge in [-0.2, -0.15) is 26.3 Å². The van der Waals surface area contributed by atoms with Gasteiger partial charge in [-0.1, -0.05) is 29.0 Å². The molecule has 0 aliphatic carbocycles. The molecule has 0 bridgehead atoms. The van der Waals surface area contributed by atoms with Crippen LogP contribution in [0.1, 0.15) is 25.7 Å². The fraction of sp³-hybridized carbons (Fsp3) is 1.00. The van der Waals surface area contributed by atoms with Gasteiger partial charge in [-0.25, -0.2) is 4.39 Å². The molecule has 0 amide bonds. The number of hydrogen-bond acceptors (Lipinski definition) is 0. The van der Waals surface area contributed by atoms with E-state index in [2.05, 4.69) is 0 Å². The summed E-state index contributed by atoms with van der Waals surface area (Å²) in [6, 6.07) is 0. The molecule has 0 aromatic carbocycles. The van der Waals surface area contributed by atoms with Crippen molar-refractivity contribution in [1.82, 2.24) is 0 Å². The van der Waals surface area contributed by atoms with Gasteiger partial charge in [-0.3, -0.25) is 0 Å². The van der Waals surface area contributed by atoms with Crippen molar-refractivity contribution in [1.29, 1.82) is 0 Å². The van der Waals surface area contributed by atoms with Crippen LogP contribution in [0, 0.1) is 0 Å². The molecule has 0 N–H and O–H groups in total. The number of rotatable bonds is 5. The van der Waals surface area contributed by atoms with Gasteiger partial charge in [0.1, 0.15) is 0 Å². The summed E-state index contributed by atoms with van der Waals surface area (Å²) in [7, 11) is 0. The highest BCUT2D eigenvalue weighted by Crippen LogP contribution is 2.49. The highest BCUT2D eigenvalue weighted by molar-refractivity contribution is 14.1. The molecule has 8 heteroatoms. The van der Waals surface area contributed by atoms with Crippen LogP contribution < -0.4 is 0 Å². The van der Waals surface area contributed by atoms with Crippen LogP contribution in [-0.2, 0) is 0 Å². The van der Waals surface area contributed by atoms with E-state index in [-0.39, 0.29) is 6.42 Å². The maximum Gasteiger partial charge on any atom is 0.431 e. The summed E-state index contributed by atoms with van der Waals surface area (Å²) in [5.41, 5.74) is -5.08. The number of alkyl halides is 8. The van der Waals surface area contributed by atoms with Gasteiger partial charge in [0.25, 0.3) is 5.67 Å². The van der Waals surface area contributed by atoms with Crippen LogP contribution in [0.25, 0.3) is 0 Å². The van der Waals surface area contributed by atoms with Gasteiger partial charge < -0.3 is 0 Å². The van der Waals surface area contributed by atoms with Crippen LogP contribution in [-0.4, -0.2) is 22.4 Å². The normalized spacial score (nSPS) is 14.2. The number of hydrogen-bond donors (Lipinski definition) is 0. The fourth-order valence-electron chi connectivity index (χ4n) is 1.08. The second kappa shape index (κ2) is 5.72. The fourth-order valence-corrected chi connectivity index (χ4v) is 1.62. The lowest BCUT2D eigenvalue weighted by molar-refractivity contribution is -0.343. The SMILES string of the molecule is FC(F)(F)C(F)(CCCCCI)C(F)(F)F. The van der Waals surface area contributed by atoms with Crippen molar-refractivity contribution in [2.24, 2.45) is 0 Å². The molecule has 0 aliphatic rings. The Kier molecular flexibility index (Phi) is 5.81. The third-order valence-corrected chi connectivity index (χ3v) is 2.82. The van der Waals surface area contributed by atoms with Gasteiger partial charge in [0.2, 0.25) is 0 Å². The molecule has 0 nitrogen and oxygen atoms in total. The molecule has 16 heavy (non-hydrogen) atoms. The lowest BCUT2D eigenvalue weighted by atomic mass is 9.97. The van der Waals surface area contributed by atoms with E-state index in [1.54, 1.807) is 0 Å². The Morgan fingerprint density at radius 2 is 1.12 bits per heavy atom. The van der Waals surface area contributed by atoms with Crippen LogP contribution in [0.3, 0.4) is 0 Å². The second-order valence-corrected chi connectivity index (χ2v) is 4.38. The minimum Gasteiger partial charge on any atom is -0.224 e. The molecule has 0 spiro atoms. The first-order chi connectivity index (χ1) is 7.06.